The number of halogens is 2. The summed E-state index contributed by atoms with van der Waals surface area (Å²) in [6, 6.07) is 4.80. The monoisotopic (exact) mass is 268 g/mol. The number of methoxy groups -OCH3 is 1. The molecule has 0 aliphatic heterocycles. The first kappa shape index (κ1) is 12.5. The zero-order chi connectivity index (χ0) is 13.1. The van der Waals surface area contributed by atoms with Crippen molar-refractivity contribution in [3.63, 3.8) is 0 Å². The Morgan fingerprint density at radius 1 is 1.28 bits per heavy atom. The summed E-state index contributed by atoms with van der Waals surface area (Å²) in [5.41, 5.74) is 1.08. The van der Waals surface area contributed by atoms with Crippen molar-refractivity contribution in [2.45, 2.75) is 6.92 Å². The van der Waals surface area contributed by atoms with Gasteiger partial charge in [0, 0.05) is 5.69 Å². The SMILES string of the molecule is COc1nc(Cl)nc(Nc2ccc(C)c(F)c2)n1. The van der Waals surface area contributed by atoms with Crippen LogP contribution in [0.25, 0.3) is 0 Å². The van der Waals surface area contributed by atoms with Gasteiger partial charge in [0.1, 0.15) is 5.82 Å². The molecular weight excluding hydrogens is 259 g/mol. The zero-order valence-corrected chi connectivity index (χ0v) is 10.5. The summed E-state index contributed by atoms with van der Waals surface area (Å²) < 4.78 is 18.2. The number of nitrogens with one attached hydrogen (secondary N) is 1. The van der Waals surface area contributed by atoms with Crippen LogP contribution in [0.15, 0.2) is 18.2 Å². The van der Waals surface area contributed by atoms with E-state index in [1.54, 1.807) is 19.1 Å². The Morgan fingerprint density at radius 2 is 2.06 bits per heavy atom. The fourth-order valence-corrected chi connectivity index (χ4v) is 1.43. The molecule has 0 fully saturated rings. The van der Waals surface area contributed by atoms with Crippen LogP contribution in [0.5, 0.6) is 6.01 Å². The van der Waals surface area contributed by atoms with Gasteiger partial charge >= 0.3 is 6.01 Å². The maximum atomic E-state index is 13.4. The largest absolute Gasteiger partial charge is 0.467 e. The van der Waals surface area contributed by atoms with E-state index >= 15 is 0 Å². The number of hydrogen-bond donors (Lipinski definition) is 1. The fraction of sp³-hybridized carbons (Fsp3) is 0.182. The average molecular weight is 269 g/mol. The summed E-state index contributed by atoms with van der Waals surface area (Å²) in [6.07, 6.45) is 0. The second kappa shape index (κ2) is 5.14. The van der Waals surface area contributed by atoms with Gasteiger partial charge in [0.25, 0.3) is 0 Å². The molecule has 0 unspecified atom stereocenters. The van der Waals surface area contributed by atoms with E-state index in [1.165, 1.54) is 13.2 Å². The Balaban J connectivity index is 2.27. The minimum Gasteiger partial charge on any atom is -0.467 e. The van der Waals surface area contributed by atoms with Gasteiger partial charge in [-0.05, 0) is 36.2 Å². The van der Waals surface area contributed by atoms with Crippen LogP contribution in [0.2, 0.25) is 5.28 Å². The lowest BCUT2D eigenvalue weighted by Gasteiger charge is -2.06. The summed E-state index contributed by atoms with van der Waals surface area (Å²) in [5.74, 6) is -0.123. The zero-order valence-electron chi connectivity index (χ0n) is 9.74. The lowest BCUT2D eigenvalue weighted by molar-refractivity contribution is 0.379. The van der Waals surface area contributed by atoms with E-state index in [9.17, 15) is 4.39 Å². The fourth-order valence-electron chi connectivity index (χ4n) is 1.28. The summed E-state index contributed by atoms with van der Waals surface area (Å²) in [5, 5.41) is 2.82. The first-order chi connectivity index (χ1) is 8.58. The molecule has 1 aromatic heterocycles. The number of benzene rings is 1. The highest BCUT2D eigenvalue weighted by molar-refractivity contribution is 6.28. The molecule has 94 valence electrons. The van der Waals surface area contributed by atoms with E-state index < -0.39 is 0 Å². The van der Waals surface area contributed by atoms with Crippen molar-refractivity contribution in [1.82, 2.24) is 15.0 Å². The van der Waals surface area contributed by atoms with Crippen molar-refractivity contribution >= 4 is 23.2 Å². The van der Waals surface area contributed by atoms with Crippen molar-refractivity contribution in [3.05, 3.63) is 34.9 Å². The van der Waals surface area contributed by atoms with E-state index in [4.69, 9.17) is 16.3 Å². The molecule has 0 atom stereocenters. The number of ether oxygens (including phenoxy) is 1. The summed E-state index contributed by atoms with van der Waals surface area (Å²) >= 11 is 5.70. The number of anilines is 2. The maximum absolute atomic E-state index is 13.4. The predicted octanol–water partition coefficient (Wildman–Crippen LogP) is 2.72. The number of hydrogen-bond acceptors (Lipinski definition) is 5. The van der Waals surface area contributed by atoms with Crippen LogP contribution < -0.4 is 10.1 Å². The molecule has 1 aromatic carbocycles. The van der Waals surface area contributed by atoms with Gasteiger partial charge in [-0.2, -0.15) is 15.0 Å². The topological polar surface area (TPSA) is 59.9 Å². The molecule has 0 saturated heterocycles. The van der Waals surface area contributed by atoms with Gasteiger partial charge in [-0.25, -0.2) is 4.39 Å². The predicted molar refractivity (Wildman–Crippen MR) is 65.8 cm³/mol. The van der Waals surface area contributed by atoms with Gasteiger partial charge in [-0.1, -0.05) is 6.07 Å². The van der Waals surface area contributed by atoms with E-state index in [2.05, 4.69) is 20.3 Å². The first-order valence-corrected chi connectivity index (χ1v) is 5.45. The smallest absolute Gasteiger partial charge is 0.322 e. The standard InChI is InChI=1S/C11H10ClFN4O/c1-6-3-4-7(5-8(6)13)14-10-15-9(12)16-11(17-10)18-2/h3-5H,1-2H3,(H,14,15,16,17). The quantitative estimate of drug-likeness (QED) is 0.927. The molecule has 0 aliphatic carbocycles. The third-order valence-electron chi connectivity index (χ3n) is 2.20. The molecule has 1 heterocycles. The number of rotatable bonds is 3. The second-order valence-corrected chi connectivity index (χ2v) is 3.84. The molecule has 0 bridgehead atoms. The van der Waals surface area contributed by atoms with Crippen LogP contribution in [0.1, 0.15) is 5.56 Å². The van der Waals surface area contributed by atoms with Crippen LogP contribution in [0, 0.1) is 12.7 Å². The molecule has 18 heavy (non-hydrogen) atoms. The summed E-state index contributed by atoms with van der Waals surface area (Å²) in [7, 11) is 1.42. The van der Waals surface area contributed by atoms with Gasteiger partial charge in [0.15, 0.2) is 0 Å². The minimum atomic E-state index is -0.313. The van der Waals surface area contributed by atoms with Crippen LogP contribution in [0.4, 0.5) is 16.0 Å². The normalized spacial score (nSPS) is 10.2. The molecule has 7 heteroatoms. The highest BCUT2D eigenvalue weighted by Gasteiger charge is 2.06. The second-order valence-electron chi connectivity index (χ2n) is 3.50. The van der Waals surface area contributed by atoms with E-state index in [0.29, 0.717) is 11.3 Å². The Morgan fingerprint density at radius 3 is 2.72 bits per heavy atom. The number of nitrogens with zero attached hydrogens (tertiary/aromatic N) is 3. The van der Waals surface area contributed by atoms with Gasteiger partial charge in [0.2, 0.25) is 11.2 Å². The molecule has 0 aliphatic rings. The molecule has 0 spiro atoms. The highest BCUT2D eigenvalue weighted by atomic mass is 35.5. The minimum absolute atomic E-state index is 0.00284. The Kier molecular flexibility index (Phi) is 3.57. The average Bonchev–Trinajstić information content (AvgIpc) is 2.33. The lowest BCUT2D eigenvalue weighted by Crippen LogP contribution is -2.02. The molecule has 5 nitrogen and oxygen atoms in total. The van der Waals surface area contributed by atoms with Crippen LogP contribution in [-0.2, 0) is 0 Å². The van der Waals surface area contributed by atoms with Crippen molar-refractivity contribution < 1.29 is 9.13 Å². The summed E-state index contributed by atoms with van der Waals surface area (Å²) in [6.45, 7) is 1.68. The molecule has 0 amide bonds. The van der Waals surface area contributed by atoms with Crippen LogP contribution >= 0.6 is 11.6 Å². The van der Waals surface area contributed by atoms with Gasteiger partial charge in [-0.15, -0.1) is 0 Å². The maximum Gasteiger partial charge on any atom is 0.322 e. The lowest BCUT2D eigenvalue weighted by atomic mass is 10.2. The number of aryl methyl sites for hydroxylation is 1. The molecule has 2 rings (SSSR count). The molecule has 0 radical (unpaired) electrons. The molecule has 1 N–H and O–H groups in total. The van der Waals surface area contributed by atoms with Crippen LogP contribution in [-0.4, -0.2) is 22.1 Å². The van der Waals surface area contributed by atoms with E-state index in [0.717, 1.165) is 0 Å². The molecule has 2 aromatic rings. The van der Waals surface area contributed by atoms with E-state index in [1.807, 2.05) is 0 Å². The third-order valence-corrected chi connectivity index (χ3v) is 2.37. The van der Waals surface area contributed by atoms with Crippen molar-refractivity contribution in [3.8, 4) is 6.01 Å². The first-order valence-electron chi connectivity index (χ1n) is 5.07. The summed E-state index contributed by atoms with van der Waals surface area (Å²) in [4.78, 5) is 11.5. The van der Waals surface area contributed by atoms with Gasteiger partial charge in [-0.3, -0.25) is 0 Å². The van der Waals surface area contributed by atoms with Crippen molar-refractivity contribution in [2.75, 3.05) is 12.4 Å². The molecule has 0 saturated carbocycles. The third kappa shape index (κ3) is 2.84. The van der Waals surface area contributed by atoms with Gasteiger partial charge in [0.05, 0.1) is 7.11 Å². The van der Waals surface area contributed by atoms with E-state index in [-0.39, 0.29) is 23.1 Å². The Hall–Kier alpha value is -1.95. The van der Waals surface area contributed by atoms with Crippen molar-refractivity contribution in [1.29, 1.82) is 0 Å². The van der Waals surface area contributed by atoms with Crippen LogP contribution in [0.3, 0.4) is 0 Å². The van der Waals surface area contributed by atoms with Crippen molar-refractivity contribution in [2.24, 2.45) is 0 Å². The Labute approximate surface area is 108 Å². The van der Waals surface area contributed by atoms with Gasteiger partial charge < -0.3 is 10.1 Å². The highest BCUT2D eigenvalue weighted by Crippen LogP contribution is 2.18. The Bertz CT molecular complexity index is 579. The molecular formula is C11H10ClFN4O. The number of aromatic nitrogens is 3.